The Bertz CT molecular complexity index is 407. The zero-order valence-electron chi connectivity index (χ0n) is 11.9. The van der Waals surface area contributed by atoms with Crippen molar-refractivity contribution in [2.24, 2.45) is 0 Å². The van der Waals surface area contributed by atoms with Gasteiger partial charge in [0.1, 0.15) is 0 Å². The summed E-state index contributed by atoms with van der Waals surface area (Å²) in [5.74, 6) is 1.47. The van der Waals surface area contributed by atoms with Crippen molar-refractivity contribution in [3.63, 3.8) is 0 Å². The fraction of sp³-hybridized carbons (Fsp3) is 0.846. The zero-order valence-corrected chi connectivity index (χ0v) is 11.9. The Morgan fingerprint density at radius 2 is 1.89 bits per heavy atom. The lowest BCUT2D eigenvalue weighted by molar-refractivity contribution is -0.00213. The largest absolute Gasteiger partial charge is 0.338 e. The van der Waals surface area contributed by atoms with Crippen LogP contribution in [0.3, 0.4) is 0 Å². The van der Waals surface area contributed by atoms with E-state index in [4.69, 9.17) is 4.52 Å². The van der Waals surface area contributed by atoms with Crippen LogP contribution < -0.4 is 0 Å². The van der Waals surface area contributed by atoms with Crippen molar-refractivity contribution in [1.29, 1.82) is 0 Å². The molecule has 0 unspecified atom stereocenters. The first-order valence-electron chi connectivity index (χ1n) is 7.22. The van der Waals surface area contributed by atoms with Crippen molar-refractivity contribution in [3.8, 4) is 0 Å². The van der Waals surface area contributed by atoms with Gasteiger partial charge >= 0.3 is 0 Å². The highest BCUT2D eigenvalue weighted by atomic mass is 16.5. The molecule has 0 amide bonds. The molecule has 2 aliphatic rings. The topological polar surface area (TPSA) is 48.6 Å². The zero-order chi connectivity index (χ0) is 13.2. The molecule has 3 heterocycles. The third-order valence-electron chi connectivity index (χ3n) is 4.24. The second kappa shape index (κ2) is 5.56. The van der Waals surface area contributed by atoms with Gasteiger partial charge < -0.3 is 9.42 Å². The van der Waals surface area contributed by atoms with Gasteiger partial charge in [0.05, 0.1) is 6.54 Å². The third-order valence-corrected chi connectivity index (χ3v) is 4.24. The van der Waals surface area contributed by atoms with E-state index in [-0.39, 0.29) is 0 Å². The van der Waals surface area contributed by atoms with Gasteiger partial charge in [-0.05, 0) is 13.5 Å². The Balaban J connectivity index is 1.41. The van der Waals surface area contributed by atoms with Crippen LogP contribution in [0, 0.1) is 6.92 Å². The van der Waals surface area contributed by atoms with Gasteiger partial charge in [0, 0.05) is 45.3 Å². The molecule has 0 N–H and O–H groups in total. The van der Waals surface area contributed by atoms with Gasteiger partial charge in [0.25, 0.3) is 0 Å². The van der Waals surface area contributed by atoms with Crippen molar-refractivity contribution in [1.82, 2.24) is 24.8 Å². The summed E-state index contributed by atoms with van der Waals surface area (Å²) in [6.45, 7) is 13.2. The van der Waals surface area contributed by atoms with E-state index in [2.05, 4.69) is 31.8 Å². The quantitative estimate of drug-likeness (QED) is 0.775. The van der Waals surface area contributed by atoms with Crippen LogP contribution in [0.1, 0.15) is 18.6 Å². The lowest BCUT2D eigenvalue weighted by Crippen LogP contribution is -2.62. The smallest absolute Gasteiger partial charge is 0.240 e. The second-order valence-corrected chi connectivity index (χ2v) is 5.55. The number of likely N-dealkylation sites (N-methyl/N-ethyl adjacent to an activating group) is 1. The SMILES string of the molecule is CCN1CCN(C2CN(Cc3nc(C)no3)C2)CC1. The van der Waals surface area contributed by atoms with E-state index >= 15 is 0 Å². The molecule has 19 heavy (non-hydrogen) atoms. The van der Waals surface area contributed by atoms with E-state index in [1.165, 1.54) is 32.7 Å². The van der Waals surface area contributed by atoms with E-state index in [1.807, 2.05) is 6.92 Å². The van der Waals surface area contributed by atoms with Gasteiger partial charge in [0.2, 0.25) is 5.89 Å². The summed E-state index contributed by atoms with van der Waals surface area (Å²) in [5.41, 5.74) is 0. The van der Waals surface area contributed by atoms with Crippen LogP contribution in [-0.4, -0.2) is 76.7 Å². The number of nitrogens with zero attached hydrogens (tertiary/aromatic N) is 5. The minimum absolute atomic E-state index is 0.725. The van der Waals surface area contributed by atoms with Crippen molar-refractivity contribution in [2.75, 3.05) is 45.8 Å². The molecule has 0 atom stereocenters. The molecule has 2 aliphatic heterocycles. The van der Waals surface area contributed by atoms with Gasteiger partial charge in [-0.3, -0.25) is 9.80 Å². The van der Waals surface area contributed by atoms with Crippen molar-refractivity contribution < 1.29 is 4.52 Å². The first-order chi connectivity index (χ1) is 9.24. The lowest BCUT2D eigenvalue weighted by atomic mass is 10.1. The molecule has 6 heteroatoms. The Morgan fingerprint density at radius 1 is 1.16 bits per heavy atom. The third kappa shape index (κ3) is 2.96. The summed E-state index contributed by atoms with van der Waals surface area (Å²) >= 11 is 0. The molecule has 2 saturated heterocycles. The first-order valence-corrected chi connectivity index (χ1v) is 7.22. The summed E-state index contributed by atoms with van der Waals surface area (Å²) in [6, 6.07) is 0.725. The molecule has 0 aliphatic carbocycles. The monoisotopic (exact) mass is 265 g/mol. The Labute approximate surface area is 114 Å². The number of likely N-dealkylation sites (tertiary alicyclic amines) is 1. The summed E-state index contributed by atoms with van der Waals surface area (Å²) in [4.78, 5) is 11.8. The molecule has 0 saturated carbocycles. The molecule has 106 valence electrons. The highest BCUT2D eigenvalue weighted by molar-refractivity contribution is 4.93. The minimum Gasteiger partial charge on any atom is -0.338 e. The van der Waals surface area contributed by atoms with E-state index in [9.17, 15) is 0 Å². The molecule has 0 bridgehead atoms. The van der Waals surface area contributed by atoms with Crippen molar-refractivity contribution in [2.45, 2.75) is 26.4 Å². The van der Waals surface area contributed by atoms with Gasteiger partial charge in [0.15, 0.2) is 5.82 Å². The number of hydrogen-bond acceptors (Lipinski definition) is 6. The Morgan fingerprint density at radius 3 is 2.47 bits per heavy atom. The summed E-state index contributed by atoms with van der Waals surface area (Å²) < 4.78 is 5.16. The molecule has 0 aromatic carbocycles. The van der Waals surface area contributed by atoms with E-state index in [1.54, 1.807) is 0 Å². The average Bonchev–Trinajstić information content (AvgIpc) is 2.79. The molecule has 0 radical (unpaired) electrons. The first kappa shape index (κ1) is 13.0. The van der Waals surface area contributed by atoms with Gasteiger partial charge in [-0.25, -0.2) is 0 Å². The van der Waals surface area contributed by atoms with Crippen molar-refractivity contribution in [3.05, 3.63) is 11.7 Å². The van der Waals surface area contributed by atoms with Crippen LogP contribution in [0.5, 0.6) is 0 Å². The Kier molecular flexibility index (Phi) is 3.81. The van der Waals surface area contributed by atoms with Gasteiger partial charge in [-0.2, -0.15) is 4.98 Å². The summed E-state index contributed by atoms with van der Waals surface area (Å²) in [5, 5.41) is 3.83. The van der Waals surface area contributed by atoms with Crippen LogP contribution in [0.4, 0.5) is 0 Å². The maximum atomic E-state index is 5.16. The average molecular weight is 265 g/mol. The van der Waals surface area contributed by atoms with Crippen LogP contribution in [0.25, 0.3) is 0 Å². The lowest BCUT2D eigenvalue weighted by Gasteiger charge is -2.47. The number of aromatic nitrogens is 2. The number of piperazine rings is 1. The predicted octanol–water partition coefficient (Wildman–Crippen LogP) is 0.200. The fourth-order valence-electron chi connectivity index (χ4n) is 2.94. The van der Waals surface area contributed by atoms with Crippen LogP contribution >= 0.6 is 0 Å². The van der Waals surface area contributed by atoms with Crippen molar-refractivity contribution >= 4 is 0 Å². The molecular weight excluding hydrogens is 242 g/mol. The molecule has 6 nitrogen and oxygen atoms in total. The van der Waals surface area contributed by atoms with Gasteiger partial charge in [-0.1, -0.05) is 12.1 Å². The minimum atomic E-state index is 0.725. The number of aryl methyl sites for hydroxylation is 1. The van der Waals surface area contributed by atoms with E-state index in [0.717, 1.165) is 37.4 Å². The number of rotatable bonds is 4. The molecule has 3 rings (SSSR count). The van der Waals surface area contributed by atoms with E-state index in [0.29, 0.717) is 0 Å². The highest BCUT2D eigenvalue weighted by Gasteiger charge is 2.33. The summed E-state index contributed by atoms with van der Waals surface area (Å²) in [7, 11) is 0. The Hall–Kier alpha value is -0.980. The molecular formula is C13H23N5O. The number of hydrogen-bond donors (Lipinski definition) is 0. The maximum absolute atomic E-state index is 5.16. The van der Waals surface area contributed by atoms with Crippen LogP contribution in [0.2, 0.25) is 0 Å². The molecule has 2 fully saturated rings. The predicted molar refractivity (Wildman–Crippen MR) is 71.8 cm³/mol. The highest BCUT2D eigenvalue weighted by Crippen LogP contribution is 2.18. The van der Waals surface area contributed by atoms with Crippen LogP contribution in [0.15, 0.2) is 4.52 Å². The molecule has 1 aromatic rings. The van der Waals surface area contributed by atoms with Gasteiger partial charge in [-0.15, -0.1) is 0 Å². The van der Waals surface area contributed by atoms with E-state index < -0.39 is 0 Å². The molecule has 0 spiro atoms. The normalized spacial score (nSPS) is 23.7. The molecule has 1 aromatic heterocycles. The fourth-order valence-corrected chi connectivity index (χ4v) is 2.94. The standard InChI is InChI=1S/C13H23N5O/c1-3-16-4-6-18(7-5-16)12-8-17(9-12)10-13-14-11(2)15-19-13/h12H,3-10H2,1-2H3. The summed E-state index contributed by atoms with van der Waals surface area (Å²) in [6.07, 6.45) is 0. The maximum Gasteiger partial charge on any atom is 0.240 e. The second-order valence-electron chi connectivity index (χ2n) is 5.55. The van der Waals surface area contributed by atoms with Crippen LogP contribution in [-0.2, 0) is 6.54 Å².